The van der Waals surface area contributed by atoms with Gasteiger partial charge in [-0.25, -0.2) is 9.38 Å². The van der Waals surface area contributed by atoms with Gasteiger partial charge in [-0.15, -0.1) is 0 Å². The number of carbonyl (C=O) groups is 1. The van der Waals surface area contributed by atoms with Crippen LogP contribution in [0.3, 0.4) is 0 Å². The Morgan fingerprint density at radius 2 is 2.00 bits per heavy atom. The monoisotopic (exact) mass is 479 g/mol. The van der Waals surface area contributed by atoms with Crippen molar-refractivity contribution in [2.45, 2.75) is 37.9 Å². The van der Waals surface area contributed by atoms with Crippen molar-refractivity contribution < 1.29 is 27.5 Å². The van der Waals surface area contributed by atoms with E-state index in [-0.39, 0.29) is 17.8 Å². The molecule has 1 saturated carbocycles. The first kappa shape index (κ1) is 23.3. The Hall–Kier alpha value is -3.90. The number of anilines is 1. The summed E-state index contributed by atoms with van der Waals surface area (Å²) >= 11 is 0. The number of nitrogens with one attached hydrogen (secondary N) is 3. The number of H-pyrrole nitrogens is 1. The van der Waals surface area contributed by atoms with Crippen LogP contribution in [0.4, 0.5) is 23.4 Å². The maximum absolute atomic E-state index is 13.7. The predicted molar refractivity (Wildman–Crippen MR) is 115 cm³/mol. The van der Waals surface area contributed by atoms with E-state index < -0.39 is 34.9 Å². The Morgan fingerprint density at radius 3 is 2.68 bits per heavy atom. The number of nitrogens with zero attached hydrogens (tertiary/aromatic N) is 4. The lowest BCUT2D eigenvalue weighted by Gasteiger charge is -2.13. The first-order valence-electron chi connectivity index (χ1n) is 10.4. The normalized spacial score (nSPS) is 15.0. The number of aryl methyl sites for hydroxylation is 1. The first-order valence-corrected chi connectivity index (χ1v) is 10.4. The number of phenolic OH excluding ortho intramolecular Hbond substituents is 1. The molecule has 0 spiro atoms. The highest BCUT2D eigenvalue weighted by atomic mass is 19.4. The highest BCUT2D eigenvalue weighted by molar-refractivity contribution is 6.10. The molecule has 9 nitrogen and oxygen atoms in total. The minimum atomic E-state index is -4.80. The van der Waals surface area contributed by atoms with Crippen molar-refractivity contribution in [1.29, 1.82) is 0 Å². The van der Waals surface area contributed by atoms with E-state index in [1.165, 1.54) is 25.2 Å². The Bertz CT molecular complexity index is 1230. The summed E-state index contributed by atoms with van der Waals surface area (Å²) in [7, 11) is 1.29. The number of amides is 1. The summed E-state index contributed by atoms with van der Waals surface area (Å²) in [5.74, 6) is -2.20. The number of aromatic hydroxyl groups is 1. The van der Waals surface area contributed by atoms with Gasteiger partial charge in [0.2, 0.25) is 5.96 Å². The lowest BCUT2D eigenvalue weighted by Crippen LogP contribution is -2.37. The number of hydrogen-bond acceptors (Lipinski definition) is 5. The summed E-state index contributed by atoms with van der Waals surface area (Å²) in [5.41, 5.74) is -1.14. The molecule has 2 heterocycles. The number of phenols is 1. The van der Waals surface area contributed by atoms with Gasteiger partial charge in [0.25, 0.3) is 5.91 Å². The van der Waals surface area contributed by atoms with E-state index in [2.05, 4.69) is 30.9 Å². The number of hydrogen-bond donors (Lipinski definition) is 4. The molecular formula is C21H21F4N7O2. The van der Waals surface area contributed by atoms with Gasteiger partial charge in [-0.05, 0) is 31.0 Å². The van der Waals surface area contributed by atoms with Gasteiger partial charge in [-0.1, -0.05) is 12.8 Å². The molecule has 1 aliphatic rings. The van der Waals surface area contributed by atoms with Crippen LogP contribution in [0.2, 0.25) is 0 Å². The van der Waals surface area contributed by atoms with Gasteiger partial charge in [0.1, 0.15) is 0 Å². The largest absolute Gasteiger partial charge is 0.505 e. The summed E-state index contributed by atoms with van der Waals surface area (Å²) in [6.07, 6.45) is -0.358. The minimum absolute atomic E-state index is 0.0659. The summed E-state index contributed by atoms with van der Waals surface area (Å²) in [5, 5.41) is 24.7. The third kappa shape index (κ3) is 5.18. The standard InChI is InChI=1S/C21H21F4N7O2/c1-32-10-13(18(31-32)21(23,24)25)19(34)28-20(26-12-4-2-3-5-12)27-17-9-15(29-30-17)11-6-7-16(33)14(22)8-11/h6-10,12,33H,2-5H2,1H3,(H3,26,27,28,29,30,34). The number of benzene rings is 1. The van der Waals surface area contributed by atoms with Crippen molar-refractivity contribution in [2.24, 2.45) is 12.0 Å². The number of carbonyl (C=O) groups excluding carboxylic acids is 1. The van der Waals surface area contributed by atoms with Crippen molar-refractivity contribution in [3.05, 3.63) is 47.5 Å². The number of aromatic nitrogens is 4. The van der Waals surface area contributed by atoms with E-state index in [0.29, 0.717) is 11.3 Å². The van der Waals surface area contributed by atoms with Gasteiger partial charge in [0.15, 0.2) is 23.1 Å². The topological polar surface area (TPSA) is 120 Å². The maximum atomic E-state index is 13.7. The summed E-state index contributed by atoms with van der Waals surface area (Å²) in [4.78, 5) is 17.2. The van der Waals surface area contributed by atoms with Gasteiger partial charge in [-0.3, -0.25) is 19.9 Å². The van der Waals surface area contributed by atoms with Crippen LogP contribution in [0.15, 0.2) is 35.5 Å². The van der Waals surface area contributed by atoms with Crippen LogP contribution >= 0.6 is 0 Å². The van der Waals surface area contributed by atoms with Crippen molar-refractivity contribution in [3.8, 4) is 17.0 Å². The number of rotatable bonds is 4. The molecule has 3 aromatic rings. The van der Waals surface area contributed by atoms with Crippen molar-refractivity contribution in [3.63, 3.8) is 0 Å². The van der Waals surface area contributed by atoms with Gasteiger partial charge in [0, 0.05) is 24.9 Å². The van der Waals surface area contributed by atoms with Crippen molar-refractivity contribution in [2.75, 3.05) is 5.32 Å². The number of guanidine groups is 1. The van der Waals surface area contributed by atoms with Crippen LogP contribution < -0.4 is 10.6 Å². The molecule has 4 N–H and O–H groups in total. The zero-order valence-corrected chi connectivity index (χ0v) is 17.9. The summed E-state index contributed by atoms with van der Waals surface area (Å²) in [6.45, 7) is 0. The second-order valence-corrected chi connectivity index (χ2v) is 7.89. The Labute approximate surface area is 190 Å². The van der Waals surface area contributed by atoms with Crippen LogP contribution in [0, 0.1) is 5.82 Å². The molecule has 0 radical (unpaired) electrons. The van der Waals surface area contributed by atoms with Crippen LogP contribution in [-0.4, -0.2) is 43.0 Å². The molecule has 1 aromatic carbocycles. The maximum Gasteiger partial charge on any atom is 0.435 e. The van der Waals surface area contributed by atoms with Crippen molar-refractivity contribution >= 4 is 17.7 Å². The lowest BCUT2D eigenvalue weighted by molar-refractivity contribution is -0.141. The van der Waals surface area contributed by atoms with E-state index in [0.717, 1.165) is 42.6 Å². The average Bonchev–Trinajstić information content (AvgIpc) is 3.51. The molecule has 0 unspecified atom stereocenters. The molecule has 0 saturated heterocycles. The van der Waals surface area contributed by atoms with Gasteiger partial charge >= 0.3 is 6.18 Å². The average molecular weight is 479 g/mol. The van der Waals surface area contributed by atoms with Crippen LogP contribution in [-0.2, 0) is 13.2 Å². The Balaban J connectivity index is 1.58. The van der Waals surface area contributed by atoms with Gasteiger partial charge in [0.05, 0.1) is 17.3 Å². The SMILES string of the molecule is Cn1cc(C(=O)NC(=NC2CCCC2)Nc2cc(-c3ccc(O)c(F)c3)[nH]n2)c(C(F)(F)F)n1. The van der Waals surface area contributed by atoms with Gasteiger partial charge < -0.3 is 10.4 Å². The zero-order chi connectivity index (χ0) is 24.5. The molecule has 1 fully saturated rings. The number of aliphatic imine (C=N–C) groups is 1. The fourth-order valence-electron chi connectivity index (χ4n) is 3.68. The smallest absolute Gasteiger partial charge is 0.435 e. The number of halogens is 4. The summed E-state index contributed by atoms with van der Waals surface area (Å²) in [6, 6.07) is 5.18. The van der Waals surface area contributed by atoms with Gasteiger partial charge in [-0.2, -0.15) is 23.4 Å². The Kier molecular flexibility index (Phi) is 6.26. The van der Waals surface area contributed by atoms with E-state index in [9.17, 15) is 27.5 Å². The molecule has 0 atom stereocenters. The highest BCUT2D eigenvalue weighted by Gasteiger charge is 2.39. The van der Waals surface area contributed by atoms with Crippen LogP contribution in [0.5, 0.6) is 5.75 Å². The zero-order valence-electron chi connectivity index (χ0n) is 17.9. The minimum Gasteiger partial charge on any atom is -0.505 e. The molecule has 2 aromatic heterocycles. The fraction of sp³-hybridized carbons (Fsp3) is 0.333. The van der Waals surface area contributed by atoms with Crippen molar-refractivity contribution in [1.82, 2.24) is 25.3 Å². The summed E-state index contributed by atoms with van der Waals surface area (Å²) < 4.78 is 54.5. The van der Waals surface area contributed by atoms with E-state index >= 15 is 0 Å². The van der Waals surface area contributed by atoms with Crippen LogP contribution in [0.25, 0.3) is 11.3 Å². The number of alkyl halides is 3. The predicted octanol–water partition coefficient (Wildman–Crippen LogP) is 3.81. The van der Waals surface area contributed by atoms with E-state index in [1.54, 1.807) is 0 Å². The van der Waals surface area contributed by atoms with Crippen LogP contribution in [0.1, 0.15) is 41.7 Å². The molecule has 13 heteroatoms. The lowest BCUT2D eigenvalue weighted by atomic mass is 10.1. The molecule has 0 bridgehead atoms. The first-order chi connectivity index (χ1) is 16.1. The third-order valence-corrected chi connectivity index (χ3v) is 5.29. The number of aromatic amines is 1. The quantitative estimate of drug-likeness (QED) is 0.258. The molecule has 1 amide bonds. The third-order valence-electron chi connectivity index (χ3n) is 5.29. The second-order valence-electron chi connectivity index (χ2n) is 7.89. The second kappa shape index (κ2) is 9.15. The molecule has 0 aliphatic heterocycles. The molecule has 1 aliphatic carbocycles. The van der Waals surface area contributed by atoms with E-state index in [4.69, 9.17) is 0 Å². The molecule has 4 rings (SSSR count). The molecular weight excluding hydrogens is 458 g/mol. The highest BCUT2D eigenvalue weighted by Crippen LogP contribution is 2.30. The van der Waals surface area contributed by atoms with E-state index in [1.807, 2.05) is 0 Å². The Morgan fingerprint density at radius 1 is 1.26 bits per heavy atom. The molecule has 180 valence electrons. The fourth-order valence-corrected chi connectivity index (χ4v) is 3.68. The molecule has 34 heavy (non-hydrogen) atoms.